The molecule has 1 atom stereocenters. The Morgan fingerprint density at radius 2 is 1.90 bits per heavy atom. The molecule has 0 fully saturated rings. The molecule has 31 heavy (non-hydrogen) atoms. The van der Waals surface area contributed by atoms with Gasteiger partial charge in [0.05, 0.1) is 18.1 Å². The number of hydrogen-bond acceptors (Lipinski definition) is 6. The van der Waals surface area contributed by atoms with Gasteiger partial charge in [0, 0.05) is 39.8 Å². The smallest absolute Gasteiger partial charge is 0.232 e. The lowest BCUT2D eigenvalue weighted by atomic mass is 9.88. The van der Waals surface area contributed by atoms with Crippen LogP contribution < -0.4 is 16.2 Å². The second-order valence-electron chi connectivity index (χ2n) is 8.56. The van der Waals surface area contributed by atoms with E-state index in [-0.39, 0.29) is 17.3 Å². The number of ether oxygens (including phenoxy) is 1. The number of rotatable bonds is 5. The Labute approximate surface area is 179 Å². The number of aromatic nitrogens is 4. The van der Waals surface area contributed by atoms with Gasteiger partial charge in [0.1, 0.15) is 12.4 Å². The Kier molecular flexibility index (Phi) is 5.32. The van der Waals surface area contributed by atoms with Crippen LogP contribution in [0, 0.1) is 11.4 Å². The van der Waals surface area contributed by atoms with Crippen molar-refractivity contribution in [1.82, 2.24) is 19.9 Å². The molecule has 7 nitrogen and oxygen atoms in total. The third-order valence-electron chi connectivity index (χ3n) is 5.27. The SMILES string of the molecule is CC(C)(C)[C@H](N)COc1cncc(-c2ccc3[nH]cc(-c4ccc(N)nc4F)c3c2)n1. The van der Waals surface area contributed by atoms with Gasteiger partial charge < -0.3 is 21.2 Å². The number of benzene rings is 1. The van der Waals surface area contributed by atoms with Crippen molar-refractivity contribution in [2.75, 3.05) is 12.3 Å². The van der Waals surface area contributed by atoms with Crippen LogP contribution >= 0.6 is 0 Å². The summed E-state index contributed by atoms with van der Waals surface area (Å²) in [6, 6.07) is 8.84. The summed E-state index contributed by atoms with van der Waals surface area (Å²) in [5.41, 5.74) is 15.1. The second kappa shape index (κ2) is 7.96. The molecule has 0 unspecified atom stereocenters. The minimum absolute atomic E-state index is 0.0764. The molecule has 0 aliphatic heterocycles. The summed E-state index contributed by atoms with van der Waals surface area (Å²) < 4.78 is 20.2. The predicted molar refractivity (Wildman–Crippen MR) is 120 cm³/mol. The fourth-order valence-electron chi connectivity index (χ4n) is 3.13. The molecule has 0 saturated heterocycles. The zero-order chi connectivity index (χ0) is 22.2. The van der Waals surface area contributed by atoms with Crippen LogP contribution in [0.2, 0.25) is 0 Å². The Bertz CT molecular complexity index is 1230. The van der Waals surface area contributed by atoms with Crippen LogP contribution in [0.15, 0.2) is 48.9 Å². The van der Waals surface area contributed by atoms with Gasteiger partial charge in [0.25, 0.3) is 0 Å². The highest BCUT2D eigenvalue weighted by Gasteiger charge is 2.21. The Hall–Kier alpha value is -3.52. The highest BCUT2D eigenvalue weighted by molar-refractivity contribution is 5.97. The molecule has 4 rings (SSSR count). The van der Waals surface area contributed by atoms with Crippen molar-refractivity contribution >= 4 is 16.7 Å². The molecule has 0 bridgehead atoms. The first-order valence-electron chi connectivity index (χ1n) is 9.96. The lowest BCUT2D eigenvalue weighted by molar-refractivity contribution is 0.200. The van der Waals surface area contributed by atoms with E-state index in [4.69, 9.17) is 16.2 Å². The van der Waals surface area contributed by atoms with Crippen LogP contribution in [-0.4, -0.2) is 32.6 Å². The van der Waals surface area contributed by atoms with Gasteiger partial charge in [-0.1, -0.05) is 26.8 Å². The maximum absolute atomic E-state index is 14.4. The quantitative estimate of drug-likeness (QED) is 0.418. The first-order chi connectivity index (χ1) is 14.7. The maximum Gasteiger partial charge on any atom is 0.232 e. The van der Waals surface area contributed by atoms with E-state index in [9.17, 15) is 4.39 Å². The van der Waals surface area contributed by atoms with Gasteiger partial charge in [-0.3, -0.25) is 4.98 Å². The van der Waals surface area contributed by atoms with Gasteiger partial charge in [-0.15, -0.1) is 0 Å². The number of pyridine rings is 1. The number of hydrogen-bond donors (Lipinski definition) is 3. The average molecular weight is 420 g/mol. The number of nitrogens with zero attached hydrogens (tertiary/aromatic N) is 3. The van der Waals surface area contributed by atoms with Crippen LogP contribution in [0.3, 0.4) is 0 Å². The van der Waals surface area contributed by atoms with Crippen LogP contribution in [0.1, 0.15) is 20.8 Å². The molecule has 160 valence electrons. The van der Waals surface area contributed by atoms with Crippen molar-refractivity contribution in [1.29, 1.82) is 0 Å². The Morgan fingerprint density at radius 1 is 1.10 bits per heavy atom. The predicted octanol–water partition coefficient (Wildman–Crippen LogP) is 4.16. The van der Waals surface area contributed by atoms with E-state index in [1.54, 1.807) is 30.7 Å². The first kappa shape index (κ1) is 20.7. The lowest BCUT2D eigenvalue weighted by Crippen LogP contribution is -2.40. The molecule has 3 heterocycles. The molecule has 4 aromatic rings. The van der Waals surface area contributed by atoms with Gasteiger partial charge >= 0.3 is 0 Å². The molecule has 0 radical (unpaired) electrons. The molecule has 0 spiro atoms. The van der Waals surface area contributed by atoms with E-state index in [2.05, 4.69) is 40.7 Å². The zero-order valence-electron chi connectivity index (χ0n) is 17.7. The van der Waals surface area contributed by atoms with Crippen LogP contribution in [0.25, 0.3) is 33.3 Å². The zero-order valence-corrected chi connectivity index (χ0v) is 17.7. The van der Waals surface area contributed by atoms with Crippen molar-refractivity contribution in [3.63, 3.8) is 0 Å². The minimum Gasteiger partial charge on any atom is -0.475 e. The normalized spacial score (nSPS) is 12.8. The topological polar surface area (TPSA) is 116 Å². The number of halogens is 1. The number of anilines is 1. The Balaban J connectivity index is 1.66. The van der Waals surface area contributed by atoms with Crippen LogP contribution in [-0.2, 0) is 0 Å². The molecule has 5 N–H and O–H groups in total. The summed E-state index contributed by atoms with van der Waals surface area (Å²) in [7, 11) is 0. The monoisotopic (exact) mass is 420 g/mol. The fraction of sp³-hybridized carbons (Fsp3) is 0.261. The lowest BCUT2D eigenvalue weighted by Gasteiger charge is -2.26. The summed E-state index contributed by atoms with van der Waals surface area (Å²) in [6.07, 6.45) is 4.98. The van der Waals surface area contributed by atoms with Crippen molar-refractivity contribution in [3.8, 4) is 28.3 Å². The molecule has 1 aromatic carbocycles. The summed E-state index contributed by atoms with van der Waals surface area (Å²) in [6.45, 7) is 6.52. The minimum atomic E-state index is -0.614. The molecule has 3 aromatic heterocycles. The number of H-pyrrole nitrogens is 1. The van der Waals surface area contributed by atoms with Crippen molar-refractivity contribution in [2.24, 2.45) is 11.1 Å². The molecule has 0 saturated carbocycles. The summed E-state index contributed by atoms with van der Waals surface area (Å²) in [5.74, 6) is -0.0721. The number of aromatic amines is 1. The number of nitrogens with one attached hydrogen (secondary N) is 1. The van der Waals surface area contributed by atoms with Crippen molar-refractivity contribution in [3.05, 3.63) is 54.9 Å². The fourth-order valence-corrected chi connectivity index (χ4v) is 3.13. The highest BCUT2D eigenvalue weighted by Crippen LogP contribution is 2.33. The molecule has 8 heteroatoms. The van der Waals surface area contributed by atoms with Gasteiger partial charge in [0.15, 0.2) is 0 Å². The van der Waals surface area contributed by atoms with Gasteiger partial charge in [0.2, 0.25) is 11.8 Å². The summed E-state index contributed by atoms with van der Waals surface area (Å²) >= 11 is 0. The second-order valence-corrected chi connectivity index (χ2v) is 8.56. The summed E-state index contributed by atoms with van der Waals surface area (Å²) in [5, 5.41) is 0.839. The van der Waals surface area contributed by atoms with Crippen LogP contribution in [0.4, 0.5) is 10.2 Å². The van der Waals surface area contributed by atoms with E-state index >= 15 is 0 Å². The molecule has 0 aliphatic rings. The van der Waals surface area contributed by atoms with Gasteiger partial charge in [-0.25, -0.2) is 9.97 Å². The highest BCUT2D eigenvalue weighted by atomic mass is 19.1. The number of nitrogen functional groups attached to an aromatic ring is 1. The Morgan fingerprint density at radius 3 is 2.65 bits per heavy atom. The number of fused-ring (bicyclic) bond motifs is 1. The van der Waals surface area contributed by atoms with E-state index in [1.807, 2.05) is 18.2 Å². The summed E-state index contributed by atoms with van der Waals surface area (Å²) in [4.78, 5) is 15.7. The van der Waals surface area contributed by atoms with Gasteiger partial charge in [-0.05, 0) is 29.7 Å². The van der Waals surface area contributed by atoms with Crippen LogP contribution in [0.5, 0.6) is 5.88 Å². The van der Waals surface area contributed by atoms with E-state index < -0.39 is 5.95 Å². The molecular formula is C23H25FN6O. The molecule has 0 aliphatic carbocycles. The number of nitrogens with two attached hydrogens (primary N) is 2. The molecule has 0 amide bonds. The van der Waals surface area contributed by atoms with E-state index in [1.165, 1.54) is 0 Å². The maximum atomic E-state index is 14.4. The van der Waals surface area contributed by atoms with Crippen molar-refractivity contribution < 1.29 is 9.13 Å². The average Bonchev–Trinajstić information content (AvgIpc) is 3.14. The first-order valence-corrected chi connectivity index (χ1v) is 9.96. The molecular weight excluding hydrogens is 395 g/mol. The van der Waals surface area contributed by atoms with E-state index in [0.29, 0.717) is 29.3 Å². The standard InChI is InChI=1S/C23H25FN6O/c1-23(2,3)19(25)12-31-21-11-27-10-18(29-21)13-4-6-17-15(8-13)16(9-28-17)14-5-7-20(26)30-22(14)24/h4-11,19,28H,12,25H2,1-3H3,(H2,26,30)/t19-/m1/s1. The third-order valence-corrected chi connectivity index (χ3v) is 5.27. The van der Waals surface area contributed by atoms with E-state index in [0.717, 1.165) is 16.5 Å². The third kappa shape index (κ3) is 4.34. The van der Waals surface area contributed by atoms with Gasteiger partial charge in [-0.2, -0.15) is 4.39 Å². The largest absolute Gasteiger partial charge is 0.475 e. The van der Waals surface area contributed by atoms with Crippen molar-refractivity contribution in [2.45, 2.75) is 26.8 Å².